The first kappa shape index (κ1) is 15.5. The number of nitrogens with zero attached hydrogens (tertiary/aromatic N) is 3. The molecular formula is C19H18N4O2. The Bertz CT molecular complexity index is 949. The van der Waals surface area contributed by atoms with Gasteiger partial charge < -0.3 is 9.78 Å². The molecule has 0 atom stereocenters. The number of aromatic nitrogens is 4. The molecule has 2 aromatic heterocycles. The summed E-state index contributed by atoms with van der Waals surface area (Å²) in [6.45, 7) is -0.0374. The summed E-state index contributed by atoms with van der Waals surface area (Å²) < 4.78 is 1.40. The van der Waals surface area contributed by atoms with E-state index in [-0.39, 0.29) is 12.1 Å². The van der Waals surface area contributed by atoms with Gasteiger partial charge in [-0.15, -0.1) is 0 Å². The lowest BCUT2D eigenvalue weighted by Crippen LogP contribution is -2.25. The number of hydrogen-bond acceptors (Lipinski definition) is 4. The van der Waals surface area contributed by atoms with E-state index < -0.39 is 0 Å². The Morgan fingerprint density at radius 2 is 1.96 bits per heavy atom. The first-order valence-electron chi connectivity index (χ1n) is 8.45. The fraction of sp³-hybridized carbons (Fsp3) is 0.263. The third kappa shape index (κ3) is 2.80. The number of aromatic amines is 1. The molecule has 1 aromatic carbocycles. The molecule has 0 amide bonds. The predicted octanol–water partition coefficient (Wildman–Crippen LogP) is 2.38. The smallest absolute Gasteiger partial charge is 0.265 e. The van der Waals surface area contributed by atoms with Crippen molar-refractivity contribution in [3.63, 3.8) is 0 Å². The van der Waals surface area contributed by atoms with Crippen LogP contribution in [-0.4, -0.2) is 25.8 Å². The molecule has 0 bridgehead atoms. The predicted molar refractivity (Wildman–Crippen MR) is 94.2 cm³/mol. The van der Waals surface area contributed by atoms with E-state index >= 15 is 0 Å². The Morgan fingerprint density at radius 1 is 1.16 bits per heavy atom. The van der Waals surface area contributed by atoms with Crippen LogP contribution >= 0.6 is 0 Å². The van der Waals surface area contributed by atoms with E-state index in [1.54, 1.807) is 6.20 Å². The van der Waals surface area contributed by atoms with Gasteiger partial charge in [-0.25, -0.2) is 9.97 Å². The van der Waals surface area contributed by atoms with Crippen LogP contribution in [0, 0.1) is 0 Å². The Balaban J connectivity index is 1.85. The molecule has 0 saturated heterocycles. The van der Waals surface area contributed by atoms with Gasteiger partial charge in [0.1, 0.15) is 23.5 Å². The number of hydrogen-bond donors (Lipinski definition) is 1. The highest BCUT2D eigenvalue weighted by Crippen LogP contribution is 2.23. The molecule has 0 unspecified atom stereocenters. The van der Waals surface area contributed by atoms with Crippen LogP contribution in [0.25, 0.3) is 22.8 Å². The molecule has 1 aliphatic rings. The number of carbonyl (C=O) groups is 1. The number of imidazole rings is 1. The standard InChI is InChI=1S/C19H18N4O2/c24-11-10-23-18(13-6-2-1-3-7-13)20-12-14(19(23)25)17-21-15-8-4-5-9-16(15)22-17/h1-3,6-7,11-12H,4-5,8-10H2,(H,21,22). The van der Waals surface area contributed by atoms with Crippen molar-refractivity contribution in [1.82, 2.24) is 19.5 Å². The van der Waals surface area contributed by atoms with Crippen LogP contribution in [0.2, 0.25) is 0 Å². The van der Waals surface area contributed by atoms with Gasteiger partial charge in [-0.05, 0) is 25.7 Å². The number of aryl methyl sites for hydroxylation is 2. The largest absolute Gasteiger partial charge is 0.341 e. The Hall–Kier alpha value is -3.02. The summed E-state index contributed by atoms with van der Waals surface area (Å²) in [5.41, 5.74) is 3.08. The van der Waals surface area contributed by atoms with Gasteiger partial charge in [0, 0.05) is 17.5 Å². The molecular weight excluding hydrogens is 316 g/mol. The summed E-state index contributed by atoms with van der Waals surface area (Å²) in [5.74, 6) is 1.03. The molecule has 1 N–H and O–H groups in total. The highest BCUT2D eigenvalue weighted by Gasteiger charge is 2.19. The fourth-order valence-electron chi connectivity index (χ4n) is 3.30. The number of aldehydes is 1. The van der Waals surface area contributed by atoms with Gasteiger partial charge in [-0.3, -0.25) is 9.36 Å². The zero-order valence-electron chi connectivity index (χ0n) is 13.7. The van der Waals surface area contributed by atoms with Crippen LogP contribution in [0.5, 0.6) is 0 Å². The second kappa shape index (κ2) is 6.47. The van der Waals surface area contributed by atoms with Crippen LogP contribution in [0.1, 0.15) is 24.2 Å². The third-order valence-electron chi connectivity index (χ3n) is 4.55. The van der Waals surface area contributed by atoms with Gasteiger partial charge in [0.25, 0.3) is 5.56 Å². The van der Waals surface area contributed by atoms with E-state index in [0.717, 1.165) is 42.6 Å². The van der Waals surface area contributed by atoms with Crippen molar-refractivity contribution in [3.8, 4) is 22.8 Å². The lowest BCUT2D eigenvalue weighted by molar-refractivity contribution is -0.108. The molecule has 0 aliphatic heterocycles. The first-order chi connectivity index (χ1) is 12.3. The van der Waals surface area contributed by atoms with Gasteiger partial charge in [0.2, 0.25) is 0 Å². The number of rotatable bonds is 4. The summed E-state index contributed by atoms with van der Waals surface area (Å²) >= 11 is 0. The average molecular weight is 334 g/mol. The summed E-state index contributed by atoms with van der Waals surface area (Å²) in [6.07, 6.45) is 6.42. The summed E-state index contributed by atoms with van der Waals surface area (Å²) in [5, 5.41) is 0. The molecule has 126 valence electrons. The normalized spacial score (nSPS) is 13.4. The van der Waals surface area contributed by atoms with Crippen molar-refractivity contribution in [2.24, 2.45) is 0 Å². The molecule has 2 heterocycles. The van der Waals surface area contributed by atoms with Crippen LogP contribution in [0.4, 0.5) is 0 Å². The number of fused-ring (bicyclic) bond motifs is 1. The van der Waals surface area contributed by atoms with E-state index in [9.17, 15) is 9.59 Å². The van der Waals surface area contributed by atoms with E-state index in [0.29, 0.717) is 23.5 Å². The molecule has 3 aromatic rings. The molecule has 0 fully saturated rings. The third-order valence-corrected chi connectivity index (χ3v) is 4.55. The van der Waals surface area contributed by atoms with Gasteiger partial charge in [-0.1, -0.05) is 30.3 Å². The molecule has 6 nitrogen and oxygen atoms in total. The van der Waals surface area contributed by atoms with Crippen molar-refractivity contribution in [1.29, 1.82) is 0 Å². The second-order valence-electron chi connectivity index (χ2n) is 6.16. The maximum absolute atomic E-state index is 13.0. The van der Waals surface area contributed by atoms with E-state index in [1.807, 2.05) is 30.3 Å². The maximum atomic E-state index is 13.0. The topological polar surface area (TPSA) is 80.6 Å². The Kier molecular flexibility index (Phi) is 4.01. The molecule has 4 rings (SSSR count). The molecule has 1 aliphatic carbocycles. The fourth-order valence-corrected chi connectivity index (χ4v) is 3.30. The summed E-state index contributed by atoms with van der Waals surface area (Å²) in [4.78, 5) is 36.4. The molecule has 0 spiro atoms. The van der Waals surface area contributed by atoms with Gasteiger partial charge in [0.15, 0.2) is 0 Å². The van der Waals surface area contributed by atoms with Crippen LogP contribution < -0.4 is 5.56 Å². The molecule has 0 saturated carbocycles. The van der Waals surface area contributed by atoms with Crippen LogP contribution in [0.15, 0.2) is 41.3 Å². The Morgan fingerprint density at radius 3 is 2.72 bits per heavy atom. The summed E-state index contributed by atoms with van der Waals surface area (Å²) in [6, 6.07) is 9.39. The van der Waals surface area contributed by atoms with Gasteiger partial charge >= 0.3 is 0 Å². The molecule has 25 heavy (non-hydrogen) atoms. The minimum atomic E-state index is -0.257. The monoisotopic (exact) mass is 334 g/mol. The zero-order valence-corrected chi connectivity index (χ0v) is 13.7. The summed E-state index contributed by atoms with van der Waals surface area (Å²) in [7, 11) is 0. The van der Waals surface area contributed by atoms with Crippen LogP contribution in [-0.2, 0) is 24.2 Å². The SMILES string of the molecule is O=CCn1c(-c2ccccc2)ncc(-c2nc3c([nH]2)CCCC3)c1=O. The minimum absolute atomic E-state index is 0.0374. The van der Waals surface area contributed by atoms with E-state index in [4.69, 9.17) is 0 Å². The quantitative estimate of drug-likeness (QED) is 0.743. The van der Waals surface area contributed by atoms with Crippen molar-refractivity contribution in [3.05, 3.63) is 58.3 Å². The van der Waals surface area contributed by atoms with E-state index in [2.05, 4.69) is 15.0 Å². The second-order valence-corrected chi connectivity index (χ2v) is 6.16. The van der Waals surface area contributed by atoms with Gasteiger partial charge in [0.05, 0.1) is 12.2 Å². The van der Waals surface area contributed by atoms with Crippen molar-refractivity contribution < 1.29 is 4.79 Å². The highest BCUT2D eigenvalue weighted by atomic mass is 16.1. The maximum Gasteiger partial charge on any atom is 0.265 e. The minimum Gasteiger partial charge on any atom is -0.341 e. The van der Waals surface area contributed by atoms with Gasteiger partial charge in [-0.2, -0.15) is 0 Å². The number of benzene rings is 1. The van der Waals surface area contributed by atoms with E-state index in [1.165, 1.54) is 4.57 Å². The lowest BCUT2D eigenvalue weighted by Gasteiger charge is -2.10. The zero-order chi connectivity index (χ0) is 17.2. The first-order valence-corrected chi connectivity index (χ1v) is 8.45. The van der Waals surface area contributed by atoms with Crippen molar-refractivity contribution >= 4 is 6.29 Å². The van der Waals surface area contributed by atoms with Crippen LogP contribution in [0.3, 0.4) is 0 Å². The number of H-pyrrole nitrogens is 1. The van der Waals surface area contributed by atoms with Crippen molar-refractivity contribution in [2.75, 3.05) is 0 Å². The number of carbonyl (C=O) groups excluding carboxylic acids is 1. The molecule has 0 radical (unpaired) electrons. The lowest BCUT2D eigenvalue weighted by atomic mass is 10.0. The highest BCUT2D eigenvalue weighted by molar-refractivity contribution is 5.62. The number of nitrogens with one attached hydrogen (secondary N) is 1. The van der Waals surface area contributed by atoms with Crippen molar-refractivity contribution in [2.45, 2.75) is 32.2 Å². The Labute approximate surface area is 144 Å². The molecule has 6 heteroatoms. The average Bonchev–Trinajstić information content (AvgIpc) is 3.08.